The van der Waals surface area contributed by atoms with E-state index >= 15 is 0 Å². The average Bonchev–Trinajstić information content (AvgIpc) is 2.35. The summed E-state index contributed by atoms with van der Waals surface area (Å²) < 4.78 is 6.47. The van der Waals surface area contributed by atoms with Crippen LogP contribution in [0.15, 0.2) is 21.1 Å². The molecule has 2 N–H and O–H groups in total. The number of nitrogens with one attached hydrogen (secondary N) is 1. The Labute approximate surface area is 133 Å². The first kappa shape index (κ1) is 17.4. The molecule has 0 bridgehead atoms. The number of benzene rings is 1. The van der Waals surface area contributed by atoms with E-state index in [4.69, 9.17) is 4.74 Å². The van der Waals surface area contributed by atoms with E-state index in [1.165, 1.54) is 12.1 Å². The van der Waals surface area contributed by atoms with Gasteiger partial charge in [0.15, 0.2) is 0 Å². The number of ether oxygens (including phenoxy) is 1. The van der Waals surface area contributed by atoms with Crippen LogP contribution in [0, 0.1) is 10.1 Å². The molecule has 0 radical (unpaired) electrons. The summed E-state index contributed by atoms with van der Waals surface area (Å²) in [5, 5.41) is 23.9. The Bertz CT molecular complexity index is 471. The summed E-state index contributed by atoms with van der Waals surface area (Å²) in [5.74, 6) is 0.423. The second kappa shape index (κ2) is 7.35. The molecule has 6 nitrogen and oxygen atoms in total. The maximum Gasteiger partial charge on any atom is 0.271 e. The maximum atomic E-state index is 10.7. The summed E-state index contributed by atoms with van der Waals surface area (Å²) in [5.41, 5.74) is -1.08. The second-order valence-electron chi connectivity index (χ2n) is 4.56. The zero-order chi connectivity index (χ0) is 15.3. The van der Waals surface area contributed by atoms with Crippen molar-refractivity contribution >= 4 is 37.5 Å². The molecule has 1 atom stereocenters. The molecule has 0 heterocycles. The number of hydrogen-bond donors (Lipinski definition) is 2. The number of hydrogen-bond acceptors (Lipinski definition) is 5. The molecular weight excluding hydrogens is 396 g/mol. The lowest BCUT2D eigenvalue weighted by Gasteiger charge is -2.24. The van der Waals surface area contributed by atoms with Crippen molar-refractivity contribution in [2.24, 2.45) is 0 Å². The van der Waals surface area contributed by atoms with Crippen LogP contribution in [0.3, 0.4) is 0 Å². The number of nitro groups is 1. The van der Waals surface area contributed by atoms with E-state index in [2.05, 4.69) is 37.2 Å². The summed E-state index contributed by atoms with van der Waals surface area (Å²) in [6.45, 7) is 4.81. The highest BCUT2D eigenvalue weighted by atomic mass is 79.9. The monoisotopic (exact) mass is 410 g/mol. The highest BCUT2D eigenvalue weighted by Gasteiger charge is 2.23. The van der Waals surface area contributed by atoms with Gasteiger partial charge in [-0.05, 0) is 45.3 Å². The third-order valence-electron chi connectivity index (χ3n) is 2.48. The first-order chi connectivity index (χ1) is 9.26. The summed E-state index contributed by atoms with van der Waals surface area (Å²) >= 11 is 6.46. The third kappa shape index (κ3) is 5.01. The Hall–Kier alpha value is -0.700. The smallest absolute Gasteiger partial charge is 0.271 e. The van der Waals surface area contributed by atoms with E-state index in [0.717, 1.165) is 6.54 Å². The van der Waals surface area contributed by atoms with Crippen molar-refractivity contribution in [2.45, 2.75) is 19.4 Å². The molecule has 0 amide bonds. The third-order valence-corrected chi connectivity index (χ3v) is 3.66. The van der Waals surface area contributed by atoms with Crippen molar-refractivity contribution in [1.29, 1.82) is 0 Å². The second-order valence-corrected chi connectivity index (χ2v) is 6.27. The van der Waals surface area contributed by atoms with Gasteiger partial charge >= 0.3 is 0 Å². The number of rotatable bonds is 7. The van der Waals surface area contributed by atoms with E-state index in [1.807, 2.05) is 6.92 Å². The number of aliphatic hydroxyl groups is 1. The molecule has 0 saturated carbocycles. The van der Waals surface area contributed by atoms with Crippen LogP contribution in [0.25, 0.3) is 0 Å². The Kier molecular flexibility index (Phi) is 6.38. The van der Waals surface area contributed by atoms with Gasteiger partial charge in [0, 0.05) is 18.7 Å². The molecule has 0 spiro atoms. The van der Waals surface area contributed by atoms with Gasteiger partial charge in [0.05, 0.1) is 13.9 Å². The van der Waals surface area contributed by atoms with E-state index in [1.54, 1.807) is 6.92 Å². The minimum Gasteiger partial charge on any atom is -0.488 e. The van der Waals surface area contributed by atoms with Crippen LogP contribution in [-0.4, -0.2) is 35.3 Å². The number of halogens is 2. The maximum absolute atomic E-state index is 10.7. The van der Waals surface area contributed by atoms with Crippen molar-refractivity contribution in [2.75, 3.05) is 19.7 Å². The molecule has 1 unspecified atom stereocenters. The van der Waals surface area contributed by atoms with Gasteiger partial charge < -0.3 is 15.2 Å². The molecule has 8 heteroatoms. The van der Waals surface area contributed by atoms with Crippen LogP contribution in [-0.2, 0) is 0 Å². The van der Waals surface area contributed by atoms with Crippen LogP contribution >= 0.6 is 31.9 Å². The van der Waals surface area contributed by atoms with Crippen LogP contribution in [0.4, 0.5) is 5.69 Å². The Morgan fingerprint density at radius 2 is 2.00 bits per heavy atom. The summed E-state index contributed by atoms with van der Waals surface area (Å²) in [7, 11) is 0. The lowest BCUT2D eigenvalue weighted by molar-refractivity contribution is -0.385. The highest BCUT2D eigenvalue weighted by molar-refractivity contribution is 9.11. The van der Waals surface area contributed by atoms with Gasteiger partial charge in [0.1, 0.15) is 18.0 Å². The zero-order valence-electron chi connectivity index (χ0n) is 11.2. The van der Waals surface area contributed by atoms with Gasteiger partial charge in [-0.3, -0.25) is 10.1 Å². The molecule has 0 aliphatic carbocycles. The van der Waals surface area contributed by atoms with Crippen LogP contribution in [0.5, 0.6) is 5.75 Å². The van der Waals surface area contributed by atoms with E-state index < -0.39 is 10.5 Å². The standard InChI is InChI=1S/C12H16Br2N2O4/c1-3-15-6-12(2,17)7-20-11-9(13)4-8(16(18)19)5-10(11)14/h4-5,15,17H,3,6-7H2,1-2H3. The average molecular weight is 412 g/mol. The van der Waals surface area contributed by atoms with Crippen molar-refractivity contribution in [3.63, 3.8) is 0 Å². The van der Waals surface area contributed by atoms with Gasteiger partial charge in [-0.25, -0.2) is 0 Å². The zero-order valence-corrected chi connectivity index (χ0v) is 14.3. The summed E-state index contributed by atoms with van der Waals surface area (Å²) in [6.07, 6.45) is 0. The van der Waals surface area contributed by atoms with Crippen molar-refractivity contribution in [3.05, 3.63) is 31.2 Å². The summed E-state index contributed by atoms with van der Waals surface area (Å²) in [6, 6.07) is 2.72. The first-order valence-corrected chi connectivity index (χ1v) is 7.55. The van der Waals surface area contributed by atoms with E-state index in [9.17, 15) is 15.2 Å². The molecule has 0 saturated heterocycles. The molecule has 0 aromatic heterocycles. The fourth-order valence-corrected chi connectivity index (χ4v) is 2.85. The normalized spacial score (nSPS) is 13.8. The lowest BCUT2D eigenvalue weighted by atomic mass is 10.1. The number of nitro benzene ring substituents is 1. The van der Waals surface area contributed by atoms with Gasteiger partial charge in [-0.1, -0.05) is 6.92 Å². The highest BCUT2D eigenvalue weighted by Crippen LogP contribution is 2.37. The van der Waals surface area contributed by atoms with E-state index in [0.29, 0.717) is 21.2 Å². The number of likely N-dealkylation sites (N-methyl/N-ethyl adjacent to an activating group) is 1. The van der Waals surface area contributed by atoms with Gasteiger partial charge in [0.2, 0.25) is 0 Å². The molecule has 0 aliphatic heterocycles. The largest absolute Gasteiger partial charge is 0.488 e. The van der Waals surface area contributed by atoms with Crippen molar-refractivity contribution in [3.8, 4) is 5.75 Å². The molecule has 112 valence electrons. The summed E-state index contributed by atoms with van der Waals surface area (Å²) in [4.78, 5) is 10.2. The molecule has 1 rings (SSSR count). The fraction of sp³-hybridized carbons (Fsp3) is 0.500. The SMILES string of the molecule is CCNCC(C)(O)COc1c(Br)cc([N+](=O)[O-])cc1Br. The number of nitrogens with zero attached hydrogens (tertiary/aromatic N) is 1. The molecule has 0 fully saturated rings. The van der Waals surface area contributed by atoms with Crippen molar-refractivity contribution in [1.82, 2.24) is 5.32 Å². The van der Waals surface area contributed by atoms with Gasteiger partial charge in [-0.15, -0.1) is 0 Å². The molecule has 20 heavy (non-hydrogen) atoms. The molecule has 1 aromatic carbocycles. The lowest BCUT2D eigenvalue weighted by Crippen LogP contribution is -2.42. The van der Waals surface area contributed by atoms with Crippen LogP contribution < -0.4 is 10.1 Å². The van der Waals surface area contributed by atoms with Gasteiger partial charge in [-0.2, -0.15) is 0 Å². The minimum absolute atomic E-state index is 0.0458. The Morgan fingerprint density at radius 3 is 2.45 bits per heavy atom. The Morgan fingerprint density at radius 1 is 1.45 bits per heavy atom. The van der Waals surface area contributed by atoms with Crippen LogP contribution in [0.1, 0.15) is 13.8 Å². The molecular formula is C12H16Br2N2O4. The molecule has 1 aromatic rings. The first-order valence-electron chi connectivity index (χ1n) is 5.96. The topological polar surface area (TPSA) is 84.6 Å². The van der Waals surface area contributed by atoms with E-state index in [-0.39, 0.29) is 12.3 Å². The predicted molar refractivity (Wildman–Crippen MR) is 83.2 cm³/mol. The van der Waals surface area contributed by atoms with Crippen LogP contribution in [0.2, 0.25) is 0 Å². The quantitative estimate of drug-likeness (QED) is 0.532. The number of non-ortho nitro benzene ring substituents is 1. The predicted octanol–water partition coefficient (Wildman–Crippen LogP) is 2.86. The Balaban J connectivity index is 2.81. The van der Waals surface area contributed by atoms with Gasteiger partial charge in [0.25, 0.3) is 5.69 Å². The minimum atomic E-state index is -1.03. The van der Waals surface area contributed by atoms with Crippen molar-refractivity contribution < 1.29 is 14.8 Å². The molecule has 0 aliphatic rings. The fourth-order valence-electron chi connectivity index (χ4n) is 1.46.